The smallest absolute Gasteiger partial charge is 0.124 e. The maximum Gasteiger partial charge on any atom is 0.124 e. The molecule has 0 amide bonds. The maximum atomic E-state index is 4.58. The molecule has 2 aromatic carbocycles. The predicted molar refractivity (Wildman–Crippen MR) is 63.9 cm³/mol. The molecule has 0 aliphatic carbocycles. The molecule has 0 N–H and O–H groups in total. The van der Waals surface area contributed by atoms with E-state index in [0.717, 1.165) is 10.5 Å². The SMILES string of the molecule is [c]1ccc2nc(-c3ccccc3)sc2c1. The van der Waals surface area contributed by atoms with Gasteiger partial charge in [0.15, 0.2) is 0 Å². The van der Waals surface area contributed by atoms with Crippen molar-refractivity contribution in [3.05, 3.63) is 54.6 Å². The number of hydrogen-bond acceptors (Lipinski definition) is 2. The molecule has 15 heavy (non-hydrogen) atoms. The zero-order valence-corrected chi connectivity index (χ0v) is 8.79. The van der Waals surface area contributed by atoms with Gasteiger partial charge in [0.25, 0.3) is 0 Å². The van der Waals surface area contributed by atoms with Gasteiger partial charge in [-0.15, -0.1) is 11.3 Å². The molecule has 0 spiro atoms. The number of fused-ring (bicyclic) bond motifs is 1. The normalized spacial score (nSPS) is 10.7. The molecule has 71 valence electrons. The first-order valence-corrected chi connectivity index (χ1v) is 5.57. The number of nitrogens with zero attached hydrogens (tertiary/aromatic N) is 1. The molecule has 0 aliphatic heterocycles. The lowest BCUT2D eigenvalue weighted by molar-refractivity contribution is 1.48. The first-order chi connectivity index (χ1) is 7.43. The van der Waals surface area contributed by atoms with Crippen molar-refractivity contribution in [2.75, 3.05) is 0 Å². The van der Waals surface area contributed by atoms with Crippen molar-refractivity contribution in [1.29, 1.82) is 0 Å². The fourth-order valence-electron chi connectivity index (χ4n) is 1.52. The highest BCUT2D eigenvalue weighted by Crippen LogP contribution is 2.29. The van der Waals surface area contributed by atoms with Crippen molar-refractivity contribution in [2.45, 2.75) is 0 Å². The summed E-state index contributed by atoms with van der Waals surface area (Å²) in [5, 5.41) is 1.07. The molecular weight excluding hydrogens is 202 g/mol. The van der Waals surface area contributed by atoms with Gasteiger partial charge in [0, 0.05) is 5.56 Å². The van der Waals surface area contributed by atoms with Gasteiger partial charge in [-0.1, -0.05) is 36.4 Å². The molecule has 0 fully saturated rings. The maximum absolute atomic E-state index is 4.58. The third-order valence-corrected chi connectivity index (χ3v) is 3.32. The molecular formula is C13H8NS. The molecule has 0 saturated carbocycles. The molecule has 3 rings (SSSR count). The van der Waals surface area contributed by atoms with Crippen molar-refractivity contribution in [2.24, 2.45) is 0 Å². The van der Waals surface area contributed by atoms with Crippen LogP contribution in [0.3, 0.4) is 0 Å². The highest BCUT2D eigenvalue weighted by atomic mass is 32.1. The summed E-state index contributed by atoms with van der Waals surface area (Å²) in [5.41, 5.74) is 2.23. The molecule has 0 saturated heterocycles. The van der Waals surface area contributed by atoms with Crippen LogP contribution in [0.25, 0.3) is 20.8 Å². The molecule has 0 atom stereocenters. The van der Waals surface area contributed by atoms with Crippen LogP contribution in [0.15, 0.2) is 48.5 Å². The fourth-order valence-corrected chi connectivity index (χ4v) is 2.47. The average molecular weight is 210 g/mol. The second kappa shape index (κ2) is 3.48. The Hall–Kier alpha value is -1.67. The van der Waals surface area contributed by atoms with Crippen LogP contribution < -0.4 is 0 Å². The molecule has 1 radical (unpaired) electrons. The van der Waals surface area contributed by atoms with Gasteiger partial charge >= 0.3 is 0 Å². The Morgan fingerprint density at radius 3 is 2.73 bits per heavy atom. The number of aromatic nitrogens is 1. The van der Waals surface area contributed by atoms with Gasteiger partial charge in [-0.3, -0.25) is 0 Å². The van der Waals surface area contributed by atoms with Crippen molar-refractivity contribution in [3.63, 3.8) is 0 Å². The Morgan fingerprint density at radius 2 is 1.93 bits per heavy atom. The summed E-state index contributed by atoms with van der Waals surface area (Å²) < 4.78 is 1.19. The van der Waals surface area contributed by atoms with E-state index >= 15 is 0 Å². The van der Waals surface area contributed by atoms with E-state index in [2.05, 4.69) is 23.2 Å². The van der Waals surface area contributed by atoms with Crippen molar-refractivity contribution in [3.8, 4) is 10.6 Å². The second-order valence-electron chi connectivity index (χ2n) is 3.28. The highest BCUT2D eigenvalue weighted by molar-refractivity contribution is 7.21. The summed E-state index contributed by atoms with van der Waals surface area (Å²) >= 11 is 1.71. The minimum Gasteiger partial charge on any atom is -0.236 e. The average Bonchev–Trinajstić information content (AvgIpc) is 2.74. The molecule has 1 nitrogen and oxygen atoms in total. The predicted octanol–water partition coefficient (Wildman–Crippen LogP) is 3.76. The van der Waals surface area contributed by atoms with E-state index in [9.17, 15) is 0 Å². The molecule has 2 heteroatoms. The molecule has 1 aromatic heterocycles. The van der Waals surface area contributed by atoms with Crippen LogP contribution in [-0.4, -0.2) is 4.98 Å². The largest absolute Gasteiger partial charge is 0.236 e. The van der Waals surface area contributed by atoms with E-state index in [-0.39, 0.29) is 0 Å². The van der Waals surface area contributed by atoms with E-state index in [1.54, 1.807) is 11.3 Å². The third kappa shape index (κ3) is 1.53. The van der Waals surface area contributed by atoms with Gasteiger partial charge < -0.3 is 0 Å². The third-order valence-electron chi connectivity index (χ3n) is 2.25. The number of rotatable bonds is 1. The van der Waals surface area contributed by atoms with Gasteiger partial charge in [-0.25, -0.2) is 4.98 Å². The van der Waals surface area contributed by atoms with E-state index in [1.807, 2.05) is 36.4 Å². The molecule has 0 bridgehead atoms. The Balaban J connectivity index is 2.21. The summed E-state index contributed by atoms with van der Waals surface area (Å²) in [6.07, 6.45) is 0. The standard InChI is InChI=1S/C13H8NS/c1-2-6-10(7-3-1)13-14-11-8-4-5-9-12(11)15-13/h1-4,6-9H. The van der Waals surface area contributed by atoms with Gasteiger partial charge in [0.05, 0.1) is 10.2 Å². The van der Waals surface area contributed by atoms with Crippen molar-refractivity contribution < 1.29 is 0 Å². The fraction of sp³-hybridized carbons (Fsp3) is 0. The zero-order valence-electron chi connectivity index (χ0n) is 7.97. The minimum atomic E-state index is 1.05. The summed E-state index contributed by atoms with van der Waals surface area (Å²) in [6.45, 7) is 0. The molecule has 1 heterocycles. The van der Waals surface area contributed by atoms with Crippen LogP contribution in [0.4, 0.5) is 0 Å². The lowest BCUT2D eigenvalue weighted by Crippen LogP contribution is -1.73. The summed E-state index contributed by atoms with van der Waals surface area (Å²) in [6, 6.07) is 19.2. The van der Waals surface area contributed by atoms with Crippen LogP contribution >= 0.6 is 11.3 Å². The van der Waals surface area contributed by atoms with Crippen molar-refractivity contribution >= 4 is 21.6 Å². The summed E-state index contributed by atoms with van der Waals surface area (Å²) in [5.74, 6) is 0. The highest BCUT2D eigenvalue weighted by Gasteiger charge is 2.04. The Morgan fingerprint density at radius 1 is 1.07 bits per heavy atom. The van der Waals surface area contributed by atoms with E-state index in [0.29, 0.717) is 0 Å². The monoisotopic (exact) mass is 210 g/mol. The number of hydrogen-bond donors (Lipinski definition) is 0. The van der Waals surface area contributed by atoms with Gasteiger partial charge in [-0.05, 0) is 18.2 Å². The van der Waals surface area contributed by atoms with E-state index < -0.39 is 0 Å². The van der Waals surface area contributed by atoms with Crippen LogP contribution in [0.1, 0.15) is 0 Å². The van der Waals surface area contributed by atoms with E-state index in [4.69, 9.17) is 0 Å². The van der Waals surface area contributed by atoms with Gasteiger partial charge in [0.2, 0.25) is 0 Å². The Bertz CT molecular complexity index is 551. The number of thiazole rings is 1. The Labute approximate surface area is 92.0 Å². The van der Waals surface area contributed by atoms with E-state index in [1.165, 1.54) is 10.3 Å². The molecule has 0 aliphatic rings. The number of benzene rings is 2. The van der Waals surface area contributed by atoms with Crippen LogP contribution in [-0.2, 0) is 0 Å². The van der Waals surface area contributed by atoms with Gasteiger partial charge in [0.1, 0.15) is 5.01 Å². The topological polar surface area (TPSA) is 12.9 Å². The first kappa shape index (κ1) is 8.62. The second-order valence-corrected chi connectivity index (χ2v) is 4.31. The Kier molecular flexibility index (Phi) is 2.00. The lowest BCUT2D eigenvalue weighted by atomic mass is 10.2. The summed E-state index contributed by atoms with van der Waals surface area (Å²) in [4.78, 5) is 4.58. The minimum absolute atomic E-state index is 1.05. The molecule has 3 aromatic rings. The quantitative estimate of drug-likeness (QED) is 0.596. The van der Waals surface area contributed by atoms with Crippen LogP contribution in [0.2, 0.25) is 0 Å². The first-order valence-electron chi connectivity index (χ1n) is 4.75. The zero-order chi connectivity index (χ0) is 10.1. The van der Waals surface area contributed by atoms with Crippen molar-refractivity contribution in [1.82, 2.24) is 4.98 Å². The van der Waals surface area contributed by atoms with Crippen LogP contribution in [0, 0.1) is 6.07 Å². The molecule has 0 unspecified atom stereocenters. The van der Waals surface area contributed by atoms with Crippen LogP contribution in [0.5, 0.6) is 0 Å². The summed E-state index contributed by atoms with van der Waals surface area (Å²) in [7, 11) is 0. The lowest BCUT2D eigenvalue weighted by Gasteiger charge is -1.92. The van der Waals surface area contributed by atoms with Gasteiger partial charge in [-0.2, -0.15) is 0 Å².